The van der Waals surface area contributed by atoms with E-state index < -0.39 is 6.04 Å². The fourth-order valence-electron chi connectivity index (χ4n) is 0.907. The Morgan fingerprint density at radius 2 is 2.08 bits per heavy atom. The summed E-state index contributed by atoms with van der Waals surface area (Å²) in [6, 6.07) is -0.398. The van der Waals surface area contributed by atoms with Gasteiger partial charge in [-0.05, 0) is 13.5 Å². The highest BCUT2D eigenvalue weighted by molar-refractivity contribution is 5.83. The SMILES string of the molecule is CNC(CCC=O)C(=O)NCC=O. The van der Waals surface area contributed by atoms with E-state index in [9.17, 15) is 14.4 Å². The van der Waals surface area contributed by atoms with Crippen molar-refractivity contribution < 1.29 is 14.4 Å². The Morgan fingerprint density at radius 3 is 2.54 bits per heavy atom. The monoisotopic (exact) mass is 186 g/mol. The fraction of sp³-hybridized carbons (Fsp3) is 0.625. The predicted molar refractivity (Wildman–Crippen MR) is 47.2 cm³/mol. The van der Waals surface area contributed by atoms with Gasteiger partial charge in [0, 0.05) is 6.42 Å². The minimum absolute atomic E-state index is 0.0120. The van der Waals surface area contributed by atoms with E-state index in [0.29, 0.717) is 19.1 Å². The summed E-state index contributed by atoms with van der Waals surface area (Å²) in [6.07, 6.45) is 2.16. The third kappa shape index (κ3) is 5.08. The van der Waals surface area contributed by atoms with Gasteiger partial charge in [-0.3, -0.25) is 4.79 Å². The lowest BCUT2D eigenvalue weighted by Gasteiger charge is -2.13. The Kier molecular flexibility index (Phi) is 6.72. The van der Waals surface area contributed by atoms with Crippen LogP contribution in [0.4, 0.5) is 0 Å². The molecule has 0 aromatic heterocycles. The first-order chi connectivity index (χ1) is 6.26. The molecular weight excluding hydrogens is 172 g/mol. The third-order valence-electron chi connectivity index (χ3n) is 1.60. The molecule has 0 aromatic rings. The van der Waals surface area contributed by atoms with Crippen molar-refractivity contribution in [3.63, 3.8) is 0 Å². The zero-order valence-corrected chi connectivity index (χ0v) is 7.58. The van der Waals surface area contributed by atoms with Crippen LogP contribution in [0.15, 0.2) is 0 Å². The van der Waals surface area contributed by atoms with Crippen LogP contribution in [-0.2, 0) is 14.4 Å². The third-order valence-corrected chi connectivity index (χ3v) is 1.60. The van der Waals surface area contributed by atoms with Crippen LogP contribution < -0.4 is 10.6 Å². The van der Waals surface area contributed by atoms with Crippen LogP contribution in [0.1, 0.15) is 12.8 Å². The van der Waals surface area contributed by atoms with E-state index in [1.165, 1.54) is 0 Å². The summed E-state index contributed by atoms with van der Waals surface area (Å²) in [6.45, 7) is 0.0120. The molecule has 0 bridgehead atoms. The normalized spacial score (nSPS) is 11.8. The van der Waals surface area contributed by atoms with Crippen molar-refractivity contribution in [2.75, 3.05) is 13.6 Å². The number of likely N-dealkylation sites (N-methyl/N-ethyl adjacent to an activating group) is 1. The van der Waals surface area contributed by atoms with Gasteiger partial charge in [-0.25, -0.2) is 0 Å². The zero-order valence-electron chi connectivity index (χ0n) is 7.58. The van der Waals surface area contributed by atoms with Gasteiger partial charge in [0.2, 0.25) is 5.91 Å². The van der Waals surface area contributed by atoms with Crippen LogP contribution in [0.5, 0.6) is 0 Å². The number of nitrogens with one attached hydrogen (secondary N) is 2. The number of rotatable bonds is 7. The van der Waals surface area contributed by atoms with E-state index in [2.05, 4.69) is 10.6 Å². The standard InChI is InChI=1S/C8H14N2O3/c1-9-7(3-2-5-11)8(13)10-4-6-12/h5-7,9H,2-4H2,1H3,(H,10,13). The maximum absolute atomic E-state index is 11.2. The molecule has 1 amide bonds. The van der Waals surface area contributed by atoms with Crippen LogP contribution >= 0.6 is 0 Å². The Labute approximate surface area is 76.9 Å². The molecule has 2 N–H and O–H groups in total. The van der Waals surface area contributed by atoms with E-state index in [1.807, 2.05) is 0 Å². The summed E-state index contributed by atoms with van der Waals surface area (Å²) in [7, 11) is 1.63. The highest BCUT2D eigenvalue weighted by Gasteiger charge is 2.14. The lowest BCUT2D eigenvalue weighted by atomic mass is 10.1. The molecule has 0 aromatic carbocycles. The second kappa shape index (κ2) is 7.42. The van der Waals surface area contributed by atoms with Gasteiger partial charge in [0.05, 0.1) is 12.6 Å². The Morgan fingerprint density at radius 1 is 1.38 bits per heavy atom. The largest absolute Gasteiger partial charge is 0.348 e. The molecule has 0 saturated carbocycles. The molecule has 0 aliphatic carbocycles. The van der Waals surface area contributed by atoms with Gasteiger partial charge < -0.3 is 20.2 Å². The molecule has 5 nitrogen and oxygen atoms in total. The summed E-state index contributed by atoms with van der Waals surface area (Å²) in [5.74, 6) is -0.253. The summed E-state index contributed by atoms with van der Waals surface area (Å²) in [4.78, 5) is 31.2. The molecule has 5 heteroatoms. The predicted octanol–water partition coefficient (Wildman–Crippen LogP) is -1.13. The topological polar surface area (TPSA) is 75.3 Å². The number of hydrogen-bond acceptors (Lipinski definition) is 4. The van der Waals surface area contributed by atoms with E-state index in [0.717, 1.165) is 6.29 Å². The Bertz CT molecular complexity index is 182. The van der Waals surface area contributed by atoms with E-state index >= 15 is 0 Å². The van der Waals surface area contributed by atoms with Crippen LogP contribution in [0.25, 0.3) is 0 Å². The van der Waals surface area contributed by atoms with Crippen LogP contribution in [0.2, 0.25) is 0 Å². The molecule has 0 fully saturated rings. The van der Waals surface area contributed by atoms with Gasteiger partial charge in [-0.15, -0.1) is 0 Å². The van der Waals surface area contributed by atoms with E-state index in [4.69, 9.17) is 0 Å². The van der Waals surface area contributed by atoms with Gasteiger partial charge >= 0.3 is 0 Å². The second-order valence-corrected chi connectivity index (χ2v) is 2.50. The average molecular weight is 186 g/mol. The Balaban J connectivity index is 3.83. The number of hydrogen-bond donors (Lipinski definition) is 2. The molecule has 74 valence electrons. The maximum Gasteiger partial charge on any atom is 0.237 e. The van der Waals surface area contributed by atoms with Crippen molar-refractivity contribution in [1.82, 2.24) is 10.6 Å². The number of aldehydes is 2. The number of carbonyl (C=O) groups is 3. The van der Waals surface area contributed by atoms with Crippen molar-refractivity contribution >= 4 is 18.5 Å². The van der Waals surface area contributed by atoms with Crippen molar-refractivity contribution in [3.05, 3.63) is 0 Å². The first-order valence-electron chi connectivity index (χ1n) is 4.08. The molecule has 0 aliphatic rings. The summed E-state index contributed by atoms with van der Waals surface area (Å²) in [5.41, 5.74) is 0. The molecule has 0 aliphatic heterocycles. The molecule has 1 atom stereocenters. The van der Waals surface area contributed by atoms with Crippen LogP contribution in [0, 0.1) is 0 Å². The van der Waals surface area contributed by atoms with Crippen LogP contribution in [0.3, 0.4) is 0 Å². The molecule has 0 spiro atoms. The van der Waals surface area contributed by atoms with Crippen molar-refractivity contribution in [2.45, 2.75) is 18.9 Å². The van der Waals surface area contributed by atoms with Crippen molar-refractivity contribution in [2.24, 2.45) is 0 Å². The molecule has 0 saturated heterocycles. The van der Waals surface area contributed by atoms with E-state index in [1.54, 1.807) is 7.05 Å². The minimum atomic E-state index is -0.398. The van der Waals surface area contributed by atoms with E-state index in [-0.39, 0.29) is 12.5 Å². The summed E-state index contributed by atoms with van der Waals surface area (Å²) >= 11 is 0. The van der Waals surface area contributed by atoms with Gasteiger partial charge in [0.25, 0.3) is 0 Å². The summed E-state index contributed by atoms with van der Waals surface area (Å²) in [5, 5.41) is 5.17. The molecule has 0 radical (unpaired) electrons. The fourth-order valence-corrected chi connectivity index (χ4v) is 0.907. The first kappa shape index (κ1) is 11.8. The number of amides is 1. The molecule has 0 heterocycles. The lowest BCUT2D eigenvalue weighted by molar-refractivity contribution is -0.124. The number of carbonyl (C=O) groups excluding carboxylic acids is 3. The van der Waals surface area contributed by atoms with Crippen molar-refractivity contribution in [1.29, 1.82) is 0 Å². The van der Waals surface area contributed by atoms with Gasteiger partial charge in [-0.2, -0.15) is 0 Å². The lowest BCUT2D eigenvalue weighted by Crippen LogP contribution is -2.43. The zero-order chi connectivity index (χ0) is 10.1. The van der Waals surface area contributed by atoms with Gasteiger partial charge in [-0.1, -0.05) is 0 Å². The molecule has 13 heavy (non-hydrogen) atoms. The van der Waals surface area contributed by atoms with Crippen LogP contribution in [-0.4, -0.2) is 38.1 Å². The first-order valence-corrected chi connectivity index (χ1v) is 4.08. The minimum Gasteiger partial charge on any atom is -0.348 e. The molecular formula is C8H14N2O3. The molecule has 1 unspecified atom stereocenters. The van der Waals surface area contributed by atoms with Gasteiger partial charge in [0.15, 0.2) is 0 Å². The smallest absolute Gasteiger partial charge is 0.237 e. The Hall–Kier alpha value is -1.23. The quantitative estimate of drug-likeness (QED) is 0.493. The summed E-state index contributed by atoms with van der Waals surface area (Å²) < 4.78 is 0. The highest BCUT2D eigenvalue weighted by Crippen LogP contribution is 1.94. The maximum atomic E-state index is 11.2. The van der Waals surface area contributed by atoms with Crippen molar-refractivity contribution in [3.8, 4) is 0 Å². The second-order valence-electron chi connectivity index (χ2n) is 2.50. The molecule has 0 rings (SSSR count). The average Bonchev–Trinajstić information content (AvgIpc) is 2.16. The van der Waals surface area contributed by atoms with Gasteiger partial charge in [0.1, 0.15) is 12.6 Å². The highest BCUT2D eigenvalue weighted by atomic mass is 16.2.